The van der Waals surface area contributed by atoms with Crippen LogP contribution >= 0.6 is 0 Å². The van der Waals surface area contributed by atoms with Gasteiger partial charge < -0.3 is 9.80 Å². The van der Waals surface area contributed by atoms with E-state index in [0.29, 0.717) is 0 Å². The smallest absolute Gasteiger partial charge is 0.248 e. The van der Waals surface area contributed by atoms with Gasteiger partial charge in [-0.1, -0.05) is 160 Å². The Kier molecular flexibility index (Phi) is 8.12. The second-order valence-electron chi connectivity index (χ2n) is 18.0. The highest BCUT2D eigenvalue weighted by Gasteiger charge is 2.48. The van der Waals surface area contributed by atoms with Crippen LogP contribution in [0.15, 0.2) is 121 Å². The van der Waals surface area contributed by atoms with E-state index in [4.69, 9.17) is 0 Å². The molecule has 0 spiro atoms. The largest absolute Gasteiger partial charge is 0.307 e. The second kappa shape index (κ2) is 13.3. The minimum absolute atomic E-state index is 0.0642. The SMILES string of the molecule is CCCCc1ccc2c(c1)B(c1c(C)cc(C)cc1C)c1c3c(cc4ccccc14)N1c4ccc(C)cc4B(c4c(C)cc(C)cc4C)c4c1c(cc1ccccc41)N23. The molecule has 3 aliphatic heterocycles. The predicted molar refractivity (Wildman–Crippen MR) is 258 cm³/mol. The quantitative estimate of drug-likeness (QED) is 0.161. The number of rotatable bonds is 5. The van der Waals surface area contributed by atoms with E-state index in [-0.39, 0.29) is 13.4 Å². The molecule has 0 fully saturated rings. The molecule has 0 amide bonds. The van der Waals surface area contributed by atoms with Crippen molar-refractivity contribution in [2.45, 2.75) is 74.7 Å². The molecule has 11 rings (SSSR count). The van der Waals surface area contributed by atoms with Crippen LogP contribution in [0.3, 0.4) is 0 Å². The summed E-state index contributed by atoms with van der Waals surface area (Å²) in [6, 6.07) is 47.6. The van der Waals surface area contributed by atoms with E-state index in [1.54, 1.807) is 0 Å². The molecule has 3 aliphatic rings. The van der Waals surface area contributed by atoms with Gasteiger partial charge in [0.1, 0.15) is 0 Å². The van der Waals surface area contributed by atoms with Gasteiger partial charge in [-0.05, 0) is 135 Å². The minimum Gasteiger partial charge on any atom is -0.307 e. The summed E-state index contributed by atoms with van der Waals surface area (Å²) >= 11 is 0. The topological polar surface area (TPSA) is 6.48 Å². The Balaban J connectivity index is 1.34. The molecule has 0 aromatic heterocycles. The van der Waals surface area contributed by atoms with E-state index in [2.05, 4.69) is 187 Å². The maximum atomic E-state index is 2.69. The minimum atomic E-state index is 0.0642. The van der Waals surface area contributed by atoms with Crippen LogP contribution in [0.5, 0.6) is 0 Å². The fourth-order valence-corrected chi connectivity index (χ4v) is 11.7. The summed E-state index contributed by atoms with van der Waals surface area (Å²) in [6.45, 7) is 18.5. The van der Waals surface area contributed by atoms with Crippen LogP contribution in [0.2, 0.25) is 0 Å². The first kappa shape index (κ1) is 36.1. The molecule has 3 heterocycles. The summed E-state index contributed by atoms with van der Waals surface area (Å²) in [5, 5.41) is 5.22. The van der Waals surface area contributed by atoms with Crippen LogP contribution in [0.4, 0.5) is 34.1 Å². The van der Waals surface area contributed by atoms with Gasteiger partial charge in [0.15, 0.2) is 0 Å². The first-order valence-electron chi connectivity index (χ1n) is 21.7. The van der Waals surface area contributed by atoms with Gasteiger partial charge in [-0.2, -0.15) is 0 Å². The molecule has 0 atom stereocenters. The number of hydrogen-bond donors (Lipinski definition) is 0. The lowest BCUT2D eigenvalue weighted by Gasteiger charge is -2.50. The van der Waals surface area contributed by atoms with Gasteiger partial charge in [0.25, 0.3) is 0 Å². The zero-order valence-electron chi connectivity index (χ0n) is 35.7. The molecule has 2 nitrogen and oxygen atoms in total. The Labute approximate surface area is 350 Å². The van der Waals surface area contributed by atoms with Gasteiger partial charge in [-0.25, -0.2) is 0 Å². The highest BCUT2D eigenvalue weighted by atomic mass is 15.3. The number of aryl methyl sites for hydroxylation is 8. The standard InChI is InChI=1S/C55H50B2N2/c1-9-10-15-39-21-23-47-45(29-39)57(51-37(7)26-34(4)27-38(51)8)53-43-19-14-12-17-41(43)30-48-55(53)59(47)49-31-40-16-11-13-18-42(40)52-54(49)58(48)46-22-20-32(2)28-44(46)56(52)50-35(5)24-33(3)25-36(50)6/h11-14,16-31H,9-10,15H2,1-8H3. The highest BCUT2D eigenvalue weighted by molar-refractivity contribution is 7.01. The first-order valence-corrected chi connectivity index (χ1v) is 21.7. The monoisotopic (exact) mass is 760 g/mol. The van der Waals surface area contributed by atoms with E-state index in [1.807, 2.05) is 0 Å². The maximum absolute atomic E-state index is 2.69. The average molecular weight is 761 g/mol. The maximum Gasteiger partial charge on any atom is 0.248 e. The van der Waals surface area contributed by atoms with E-state index >= 15 is 0 Å². The number of benzene rings is 8. The van der Waals surface area contributed by atoms with Crippen LogP contribution in [-0.2, 0) is 6.42 Å². The second-order valence-corrected chi connectivity index (χ2v) is 18.0. The lowest BCUT2D eigenvalue weighted by molar-refractivity contribution is 0.795. The van der Waals surface area contributed by atoms with Crippen molar-refractivity contribution in [1.29, 1.82) is 0 Å². The summed E-state index contributed by atoms with van der Waals surface area (Å²) in [7, 11) is 0. The Morgan fingerprint density at radius 3 is 1.37 bits per heavy atom. The van der Waals surface area contributed by atoms with Crippen LogP contribution in [0, 0.1) is 48.5 Å². The van der Waals surface area contributed by atoms with Crippen molar-refractivity contribution in [2.75, 3.05) is 9.80 Å². The van der Waals surface area contributed by atoms with E-state index in [9.17, 15) is 0 Å². The van der Waals surface area contributed by atoms with Crippen molar-refractivity contribution >= 4 is 102 Å². The van der Waals surface area contributed by atoms with Gasteiger partial charge in [0, 0.05) is 11.4 Å². The third-order valence-corrected chi connectivity index (χ3v) is 13.8. The molecule has 0 N–H and O–H groups in total. The van der Waals surface area contributed by atoms with Crippen LogP contribution in [-0.4, -0.2) is 13.4 Å². The zero-order valence-corrected chi connectivity index (χ0v) is 35.7. The van der Waals surface area contributed by atoms with Crippen LogP contribution in [0.25, 0.3) is 21.5 Å². The Morgan fingerprint density at radius 2 is 0.881 bits per heavy atom. The van der Waals surface area contributed by atoms with Crippen molar-refractivity contribution in [3.63, 3.8) is 0 Å². The first-order chi connectivity index (χ1) is 28.6. The summed E-state index contributed by atoms with van der Waals surface area (Å²) in [4.78, 5) is 5.37. The number of nitrogens with zero attached hydrogens (tertiary/aromatic N) is 2. The third-order valence-electron chi connectivity index (χ3n) is 13.8. The molecular weight excluding hydrogens is 710 g/mol. The van der Waals surface area contributed by atoms with Crippen molar-refractivity contribution in [1.82, 2.24) is 0 Å². The fraction of sp³-hybridized carbons (Fsp3) is 0.200. The van der Waals surface area contributed by atoms with Gasteiger partial charge in [-0.3, -0.25) is 0 Å². The number of fused-ring (bicyclic) bond motifs is 10. The molecule has 0 unspecified atom stereocenters. The lowest BCUT2D eigenvalue weighted by atomic mass is 9.32. The van der Waals surface area contributed by atoms with Crippen molar-refractivity contribution < 1.29 is 0 Å². The summed E-state index contributed by atoms with van der Waals surface area (Å²) in [5.41, 5.74) is 27.0. The molecule has 0 radical (unpaired) electrons. The molecule has 0 saturated carbocycles. The molecule has 8 aromatic rings. The third kappa shape index (κ3) is 5.21. The molecule has 8 aromatic carbocycles. The van der Waals surface area contributed by atoms with Crippen molar-refractivity contribution in [3.8, 4) is 0 Å². The molecule has 286 valence electrons. The Morgan fingerprint density at radius 1 is 0.424 bits per heavy atom. The normalized spacial score (nSPS) is 13.5. The average Bonchev–Trinajstić information content (AvgIpc) is 3.21. The van der Waals surface area contributed by atoms with Crippen LogP contribution < -0.4 is 42.6 Å². The summed E-state index contributed by atoms with van der Waals surface area (Å²) in [5.74, 6) is 0. The molecular formula is C55H50B2N2. The van der Waals surface area contributed by atoms with Crippen LogP contribution in [0.1, 0.15) is 64.3 Å². The van der Waals surface area contributed by atoms with Gasteiger partial charge in [0.2, 0.25) is 13.4 Å². The Bertz CT molecular complexity index is 3060. The highest BCUT2D eigenvalue weighted by Crippen LogP contribution is 2.56. The Hall–Kier alpha value is -5.99. The van der Waals surface area contributed by atoms with E-state index < -0.39 is 0 Å². The molecule has 0 bridgehead atoms. The van der Waals surface area contributed by atoms with Gasteiger partial charge in [-0.15, -0.1) is 0 Å². The number of anilines is 6. The van der Waals surface area contributed by atoms with Gasteiger partial charge >= 0.3 is 0 Å². The lowest BCUT2D eigenvalue weighted by Crippen LogP contribution is -2.62. The predicted octanol–water partition coefficient (Wildman–Crippen LogP) is 10.4. The fourth-order valence-electron chi connectivity index (χ4n) is 11.7. The number of hydrogen-bond acceptors (Lipinski definition) is 2. The molecule has 59 heavy (non-hydrogen) atoms. The van der Waals surface area contributed by atoms with Crippen molar-refractivity contribution in [3.05, 3.63) is 166 Å². The molecule has 0 aliphatic carbocycles. The molecule has 4 heteroatoms. The summed E-state index contributed by atoms with van der Waals surface area (Å²) in [6.07, 6.45) is 3.45. The zero-order chi connectivity index (χ0) is 40.4. The van der Waals surface area contributed by atoms with E-state index in [1.165, 1.54) is 146 Å². The van der Waals surface area contributed by atoms with E-state index in [0.717, 1.165) is 6.42 Å². The summed E-state index contributed by atoms with van der Waals surface area (Å²) < 4.78 is 0. The number of unbranched alkanes of at least 4 members (excludes halogenated alkanes) is 1. The molecule has 0 saturated heterocycles. The van der Waals surface area contributed by atoms with Gasteiger partial charge in [0.05, 0.1) is 22.7 Å². The van der Waals surface area contributed by atoms with Crippen molar-refractivity contribution in [2.24, 2.45) is 0 Å².